The number of thiophene rings is 1. The number of nitrogens with zero attached hydrogens (tertiary/aromatic N) is 1. The molecule has 1 aromatic heterocycles. The third-order valence-corrected chi connectivity index (χ3v) is 6.67. The summed E-state index contributed by atoms with van der Waals surface area (Å²) in [6, 6.07) is 14.4. The van der Waals surface area contributed by atoms with Crippen molar-refractivity contribution in [2.45, 2.75) is 25.3 Å². The summed E-state index contributed by atoms with van der Waals surface area (Å²) < 4.78 is 27.0. The second-order valence-electron chi connectivity index (χ2n) is 7.96. The number of benzene rings is 2. The first-order valence-corrected chi connectivity index (χ1v) is 11.8. The SMILES string of the molecule is O=C(NC1CCN(c2ccccc2C(=O)NCCc2cccs2)CC1)c1ccc(F)cc1F. The molecule has 0 radical (unpaired) electrons. The first kappa shape index (κ1) is 22.9. The molecule has 0 unspecified atom stereocenters. The Morgan fingerprint density at radius 2 is 1.76 bits per heavy atom. The van der Waals surface area contributed by atoms with Crippen LogP contribution in [0.5, 0.6) is 0 Å². The zero-order valence-corrected chi connectivity index (χ0v) is 18.8. The predicted octanol–water partition coefficient (Wildman–Crippen LogP) is 4.40. The summed E-state index contributed by atoms with van der Waals surface area (Å²) in [6.45, 7) is 1.87. The average Bonchev–Trinajstić information content (AvgIpc) is 3.33. The van der Waals surface area contributed by atoms with Crippen molar-refractivity contribution in [3.63, 3.8) is 0 Å². The number of para-hydroxylation sites is 1. The monoisotopic (exact) mass is 469 g/mol. The lowest BCUT2D eigenvalue weighted by atomic mass is 10.0. The van der Waals surface area contributed by atoms with E-state index in [1.54, 1.807) is 11.3 Å². The first-order valence-electron chi connectivity index (χ1n) is 10.9. The van der Waals surface area contributed by atoms with Crippen molar-refractivity contribution in [3.05, 3.63) is 87.6 Å². The molecule has 1 aliphatic rings. The molecule has 172 valence electrons. The largest absolute Gasteiger partial charge is 0.371 e. The number of carbonyl (C=O) groups excluding carboxylic acids is 2. The molecular weight excluding hydrogens is 444 g/mol. The van der Waals surface area contributed by atoms with Crippen LogP contribution in [0.3, 0.4) is 0 Å². The maximum Gasteiger partial charge on any atom is 0.254 e. The molecule has 5 nitrogen and oxygen atoms in total. The lowest BCUT2D eigenvalue weighted by Crippen LogP contribution is -2.45. The molecule has 1 aliphatic heterocycles. The minimum Gasteiger partial charge on any atom is -0.371 e. The van der Waals surface area contributed by atoms with Gasteiger partial charge < -0.3 is 15.5 Å². The predicted molar refractivity (Wildman–Crippen MR) is 126 cm³/mol. The summed E-state index contributed by atoms with van der Waals surface area (Å²) in [7, 11) is 0. The van der Waals surface area contributed by atoms with Crippen LogP contribution >= 0.6 is 11.3 Å². The maximum absolute atomic E-state index is 13.9. The summed E-state index contributed by atoms with van der Waals surface area (Å²) in [6.07, 6.45) is 2.11. The van der Waals surface area contributed by atoms with Gasteiger partial charge in [0.25, 0.3) is 11.8 Å². The molecule has 2 N–H and O–H groups in total. The van der Waals surface area contributed by atoms with E-state index < -0.39 is 17.5 Å². The van der Waals surface area contributed by atoms with Gasteiger partial charge in [-0.1, -0.05) is 18.2 Å². The molecule has 8 heteroatoms. The Labute approximate surface area is 195 Å². The summed E-state index contributed by atoms with van der Waals surface area (Å²) in [5, 5.41) is 7.86. The normalized spacial score (nSPS) is 14.2. The number of hydrogen-bond donors (Lipinski definition) is 2. The van der Waals surface area contributed by atoms with E-state index in [0.717, 1.165) is 24.2 Å². The van der Waals surface area contributed by atoms with Crippen molar-refractivity contribution in [3.8, 4) is 0 Å². The maximum atomic E-state index is 13.9. The van der Waals surface area contributed by atoms with Crippen molar-refractivity contribution in [1.29, 1.82) is 0 Å². The molecule has 2 aromatic carbocycles. The molecule has 0 aliphatic carbocycles. The van der Waals surface area contributed by atoms with Crippen LogP contribution in [0.25, 0.3) is 0 Å². The average molecular weight is 470 g/mol. The van der Waals surface area contributed by atoms with Gasteiger partial charge in [0.05, 0.1) is 11.1 Å². The lowest BCUT2D eigenvalue weighted by Gasteiger charge is -2.35. The third-order valence-electron chi connectivity index (χ3n) is 5.73. The van der Waals surface area contributed by atoms with Crippen molar-refractivity contribution in [2.75, 3.05) is 24.5 Å². The van der Waals surface area contributed by atoms with Gasteiger partial charge in [-0.2, -0.15) is 0 Å². The van der Waals surface area contributed by atoms with E-state index in [0.29, 0.717) is 44.1 Å². The molecule has 3 aromatic rings. The zero-order chi connectivity index (χ0) is 23.2. The van der Waals surface area contributed by atoms with Crippen molar-refractivity contribution >= 4 is 28.8 Å². The van der Waals surface area contributed by atoms with Gasteiger partial charge in [0.1, 0.15) is 11.6 Å². The van der Waals surface area contributed by atoms with E-state index in [1.165, 1.54) is 4.88 Å². The minimum atomic E-state index is -0.871. The smallest absolute Gasteiger partial charge is 0.254 e. The van der Waals surface area contributed by atoms with Crippen LogP contribution in [-0.2, 0) is 6.42 Å². The molecule has 2 amide bonds. The summed E-state index contributed by atoms with van der Waals surface area (Å²) in [5.41, 5.74) is 1.32. The highest BCUT2D eigenvalue weighted by Gasteiger charge is 2.25. The van der Waals surface area contributed by atoms with Gasteiger partial charge in [-0.25, -0.2) is 8.78 Å². The number of anilines is 1. The standard InChI is InChI=1S/C25H25F2N3O2S/c26-17-7-8-20(22(27)16-17)25(32)29-18-10-13-30(14-11-18)23-6-2-1-5-21(23)24(31)28-12-9-19-4-3-15-33-19/h1-8,15-16,18H,9-14H2,(H,28,31)(H,29,32). The molecule has 33 heavy (non-hydrogen) atoms. The number of piperidine rings is 1. The van der Waals surface area contributed by atoms with E-state index >= 15 is 0 Å². The second-order valence-corrected chi connectivity index (χ2v) is 8.99. The van der Waals surface area contributed by atoms with Crippen LogP contribution in [0.1, 0.15) is 38.4 Å². The highest BCUT2D eigenvalue weighted by molar-refractivity contribution is 7.09. The quantitative estimate of drug-likeness (QED) is 0.539. The Hall–Kier alpha value is -3.26. The highest BCUT2D eigenvalue weighted by Crippen LogP contribution is 2.25. The van der Waals surface area contributed by atoms with E-state index in [9.17, 15) is 18.4 Å². The fourth-order valence-electron chi connectivity index (χ4n) is 3.99. The van der Waals surface area contributed by atoms with Crippen LogP contribution in [-0.4, -0.2) is 37.5 Å². The van der Waals surface area contributed by atoms with Gasteiger partial charge >= 0.3 is 0 Å². The van der Waals surface area contributed by atoms with E-state index in [-0.39, 0.29) is 17.5 Å². The zero-order valence-electron chi connectivity index (χ0n) is 18.0. The number of carbonyl (C=O) groups is 2. The molecule has 1 fully saturated rings. The number of halogens is 2. The number of hydrogen-bond acceptors (Lipinski definition) is 4. The van der Waals surface area contributed by atoms with Crippen LogP contribution in [0.2, 0.25) is 0 Å². The summed E-state index contributed by atoms with van der Waals surface area (Å²) in [5.74, 6) is -2.24. The third kappa shape index (κ3) is 5.76. The molecule has 0 spiro atoms. The Bertz CT molecular complexity index is 1110. The Kier molecular flexibility index (Phi) is 7.34. The molecule has 0 saturated carbocycles. The molecule has 0 bridgehead atoms. The Balaban J connectivity index is 1.33. The lowest BCUT2D eigenvalue weighted by molar-refractivity contribution is 0.0925. The van der Waals surface area contributed by atoms with E-state index in [4.69, 9.17) is 0 Å². The van der Waals surface area contributed by atoms with Crippen LogP contribution in [0.4, 0.5) is 14.5 Å². The van der Waals surface area contributed by atoms with Gasteiger partial charge in [-0.3, -0.25) is 9.59 Å². The Morgan fingerprint density at radius 1 is 0.970 bits per heavy atom. The highest BCUT2D eigenvalue weighted by atomic mass is 32.1. The van der Waals surface area contributed by atoms with Gasteiger partial charge in [-0.15, -0.1) is 11.3 Å². The fourth-order valence-corrected chi connectivity index (χ4v) is 4.70. The van der Waals surface area contributed by atoms with Crippen molar-refractivity contribution in [1.82, 2.24) is 10.6 Å². The van der Waals surface area contributed by atoms with Crippen molar-refractivity contribution < 1.29 is 18.4 Å². The Morgan fingerprint density at radius 3 is 2.48 bits per heavy atom. The first-order chi connectivity index (χ1) is 16.0. The molecule has 1 saturated heterocycles. The van der Waals surface area contributed by atoms with E-state index in [1.807, 2.05) is 35.7 Å². The molecule has 4 rings (SSSR count). The number of rotatable bonds is 7. The van der Waals surface area contributed by atoms with Crippen LogP contribution < -0.4 is 15.5 Å². The van der Waals surface area contributed by atoms with E-state index in [2.05, 4.69) is 21.6 Å². The van der Waals surface area contributed by atoms with Gasteiger partial charge in [0, 0.05) is 42.3 Å². The van der Waals surface area contributed by atoms with Gasteiger partial charge in [0.2, 0.25) is 0 Å². The molecule has 0 atom stereocenters. The van der Waals surface area contributed by atoms with Crippen LogP contribution in [0, 0.1) is 11.6 Å². The van der Waals surface area contributed by atoms with Gasteiger partial charge in [-0.05, 0) is 55.0 Å². The fraction of sp³-hybridized carbons (Fsp3) is 0.280. The summed E-state index contributed by atoms with van der Waals surface area (Å²) >= 11 is 1.67. The summed E-state index contributed by atoms with van der Waals surface area (Å²) in [4.78, 5) is 28.6. The second kappa shape index (κ2) is 10.6. The van der Waals surface area contributed by atoms with Crippen LogP contribution in [0.15, 0.2) is 60.0 Å². The van der Waals surface area contributed by atoms with Gasteiger partial charge in [0.15, 0.2) is 0 Å². The minimum absolute atomic E-state index is 0.107. The number of nitrogens with one attached hydrogen (secondary N) is 2. The van der Waals surface area contributed by atoms with Crippen molar-refractivity contribution in [2.24, 2.45) is 0 Å². The number of amides is 2. The topological polar surface area (TPSA) is 61.4 Å². The molecule has 2 heterocycles. The molecular formula is C25H25F2N3O2S.